The highest BCUT2D eigenvalue weighted by Gasteiger charge is 2.18. The van der Waals surface area contributed by atoms with E-state index in [2.05, 4.69) is 0 Å². The quantitative estimate of drug-likeness (QED) is 0.747. The second-order valence-electron chi connectivity index (χ2n) is 6.18. The number of hydrogen-bond acceptors (Lipinski definition) is 3. The van der Waals surface area contributed by atoms with Gasteiger partial charge in [0.25, 0.3) is 0 Å². The summed E-state index contributed by atoms with van der Waals surface area (Å²) in [7, 11) is -3.35. The molecular formula is C20H19NO4S. The fourth-order valence-corrected chi connectivity index (χ4v) is 3.69. The van der Waals surface area contributed by atoms with Gasteiger partial charge in [0.2, 0.25) is 0 Å². The minimum Gasteiger partial charge on any atom is -0.481 e. The third-order valence-corrected chi connectivity index (χ3v) is 5.43. The Morgan fingerprint density at radius 3 is 2.38 bits per heavy atom. The molecule has 3 rings (SSSR count). The van der Waals surface area contributed by atoms with Gasteiger partial charge >= 0.3 is 5.97 Å². The highest BCUT2D eigenvalue weighted by molar-refractivity contribution is 7.90. The van der Waals surface area contributed by atoms with Crippen molar-refractivity contribution in [2.24, 2.45) is 0 Å². The van der Waals surface area contributed by atoms with Gasteiger partial charge in [0, 0.05) is 29.4 Å². The maximum atomic E-state index is 11.9. The first-order chi connectivity index (χ1) is 12.3. The number of rotatable bonds is 5. The molecule has 0 amide bonds. The molecule has 1 aromatic heterocycles. The largest absolute Gasteiger partial charge is 0.481 e. The first kappa shape index (κ1) is 17.9. The minimum atomic E-state index is -3.35. The minimum absolute atomic E-state index is 0.135. The van der Waals surface area contributed by atoms with Crippen LogP contribution < -0.4 is 0 Å². The van der Waals surface area contributed by atoms with Gasteiger partial charge in [-0.2, -0.15) is 0 Å². The SMILES string of the molecule is Cc1c(CC(=O)O)c(-c2cccc(S(C)(=O)=O)c2)cn1-c1ccccc1. The molecule has 0 bridgehead atoms. The topological polar surface area (TPSA) is 76.4 Å². The lowest BCUT2D eigenvalue weighted by Crippen LogP contribution is -2.03. The first-order valence-electron chi connectivity index (χ1n) is 8.06. The summed E-state index contributed by atoms with van der Waals surface area (Å²) in [5, 5.41) is 9.32. The average molecular weight is 369 g/mol. The molecule has 0 spiro atoms. The van der Waals surface area contributed by atoms with E-state index >= 15 is 0 Å². The van der Waals surface area contributed by atoms with Gasteiger partial charge in [-0.05, 0) is 42.3 Å². The summed E-state index contributed by atoms with van der Waals surface area (Å²) in [5.41, 5.74) is 3.81. The van der Waals surface area contributed by atoms with Crippen LogP contribution in [0.2, 0.25) is 0 Å². The van der Waals surface area contributed by atoms with E-state index in [0.29, 0.717) is 11.1 Å². The van der Waals surface area contributed by atoms with E-state index in [4.69, 9.17) is 0 Å². The zero-order valence-electron chi connectivity index (χ0n) is 14.5. The van der Waals surface area contributed by atoms with Gasteiger partial charge in [0.05, 0.1) is 11.3 Å². The Bertz CT molecular complexity index is 1070. The van der Waals surface area contributed by atoms with Crippen molar-refractivity contribution in [3.63, 3.8) is 0 Å². The Balaban J connectivity index is 2.22. The van der Waals surface area contributed by atoms with Crippen LogP contribution in [0.4, 0.5) is 0 Å². The van der Waals surface area contributed by atoms with Crippen molar-refractivity contribution in [2.75, 3.05) is 6.26 Å². The third-order valence-electron chi connectivity index (χ3n) is 4.32. The zero-order chi connectivity index (χ0) is 18.9. The van der Waals surface area contributed by atoms with Crippen molar-refractivity contribution in [2.45, 2.75) is 18.2 Å². The second-order valence-corrected chi connectivity index (χ2v) is 8.20. The molecule has 5 nitrogen and oxygen atoms in total. The standard InChI is InChI=1S/C20H19NO4S/c1-14-18(12-20(22)23)19(13-21(14)16-8-4-3-5-9-16)15-7-6-10-17(11-15)26(2,24)25/h3-11,13H,12H2,1-2H3,(H,22,23). The Morgan fingerprint density at radius 1 is 1.08 bits per heavy atom. The van der Waals surface area contributed by atoms with Gasteiger partial charge in [-0.15, -0.1) is 0 Å². The molecule has 0 saturated heterocycles. The average Bonchev–Trinajstić information content (AvgIpc) is 2.91. The second kappa shape index (κ2) is 6.80. The molecule has 6 heteroatoms. The predicted molar refractivity (Wildman–Crippen MR) is 100 cm³/mol. The molecule has 0 aliphatic rings. The lowest BCUT2D eigenvalue weighted by Gasteiger charge is -2.06. The van der Waals surface area contributed by atoms with Crippen molar-refractivity contribution >= 4 is 15.8 Å². The summed E-state index contributed by atoms with van der Waals surface area (Å²) in [6.07, 6.45) is 2.89. The molecule has 1 N–H and O–H groups in total. The Labute approximate surface area is 152 Å². The number of carboxylic acids is 1. The van der Waals surface area contributed by atoms with E-state index < -0.39 is 15.8 Å². The number of benzene rings is 2. The maximum absolute atomic E-state index is 11.9. The summed E-state index contributed by atoms with van der Waals surface area (Å²) in [4.78, 5) is 11.6. The van der Waals surface area contributed by atoms with Gasteiger partial charge in [-0.1, -0.05) is 30.3 Å². The Morgan fingerprint density at radius 2 is 1.77 bits per heavy atom. The number of aromatic nitrogens is 1. The molecule has 0 atom stereocenters. The van der Waals surface area contributed by atoms with E-state index in [9.17, 15) is 18.3 Å². The molecule has 3 aromatic rings. The van der Waals surface area contributed by atoms with E-state index in [1.165, 1.54) is 6.07 Å². The third kappa shape index (κ3) is 3.55. The molecule has 0 aliphatic heterocycles. The highest BCUT2D eigenvalue weighted by Crippen LogP contribution is 2.32. The molecule has 26 heavy (non-hydrogen) atoms. The van der Waals surface area contributed by atoms with Crippen LogP contribution in [0.25, 0.3) is 16.8 Å². The number of carboxylic acid groups (broad SMARTS) is 1. The van der Waals surface area contributed by atoms with Crippen molar-refractivity contribution < 1.29 is 18.3 Å². The van der Waals surface area contributed by atoms with Gasteiger partial charge in [-0.25, -0.2) is 8.42 Å². The van der Waals surface area contributed by atoms with Crippen molar-refractivity contribution in [1.29, 1.82) is 0 Å². The van der Waals surface area contributed by atoms with Gasteiger partial charge < -0.3 is 9.67 Å². The van der Waals surface area contributed by atoms with Crippen LogP contribution in [-0.2, 0) is 21.1 Å². The number of carbonyl (C=O) groups is 1. The van der Waals surface area contributed by atoms with Crippen LogP contribution in [-0.4, -0.2) is 30.3 Å². The van der Waals surface area contributed by atoms with Crippen LogP contribution in [0.3, 0.4) is 0 Å². The van der Waals surface area contributed by atoms with Crippen LogP contribution >= 0.6 is 0 Å². The fourth-order valence-electron chi connectivity index (χ4n) is 3.02. The van der Waals surface area contributed by atoms with E-state index in [1.807, 2.05) is 48.0 Å². The van der Waals surface area contributed by atoms with Crippen molar-refractivity contribution in [3.05, 3.63) is 72.1 Å². The monoisotopic (exact) mass is 369 g/mol. The van der Waals surface area contributed by atoms with Crippen LogP contribution in [0.15, 0.2) is 65.7 Å². The number of nitrogens with zero attached hydrogens (tertiary/aromatic N) is 1. The number of sulfone groups is 1. The molecule has 0 saturated carbocycles. The fraction of sp³-hybridized carbons (Fsp3) is 0.150. The lowest BCUT2D eigenvalue weighted by molar-refractivity contribution is -0.136. The first-order valence-corrected chi connectivity index (χ1v) is 9.95. The summed E-state index contributed by atoms with van der Waals surface area (Å²) in [6, 6.07) is 16.2. The summed E-state index contributed by atoms with van der Waals surface area (Å²) in [5.74, 6) is -0.931. The molecule has 0 aliphatic carbocycles. The van der Waals surface area contributed by atoms with E-state index in [0.717, 1.165) is 23.2 Å². The molecule has 2 aromatic carbocycles. The smallest absolute Gasteiger partial charge is 0.307 e. The van der Waals surface area contributed by atoms with Gasteiger partial charge in [0.15, 0.2) is 9.84 Å². The highest BCUT2D eigenvalue weighted by atomic mass is 32.2. The van der Waals surface area contributed by atoms with Gasteiger partial charge in [0.1, 0.15) is 0 Å². The molecular weight excluding hydrogens is 350 g/mol. The molecule has 1 heterocycles. The number of aliphatic carboxylic acids is 1. The zero-order valence-corrected chi connectivity index (χ0v) is 15.3. The normalized spacial score (nSPS) is 11.5. The van der Waals surface area contributed by atoms with Crippen LogP contribution in [0, 0.1) is 6.92 Å². The van der Waals surface area contributed by atoms with Crippen LogP contribution in [0.1, 0.15) is 11.3 Å². The summed E-state index contributed by atoms with van der Waals surface area (Å²) >= 11 is 0. The molecule has 0 radical (unpaired) electrons. The Hall–Kier alpha value is -2.86. The van der Waals surface area contributed by atoms with Gasteiger partial charge in [-0.3, -0.25) is 4.79 Å². The predicted octanol–water partition coefficient (Wildman–Crippen LogP) is 3.48. The Kier molecular flexibility index (Phi) is 4.70. The molecule has 134 valence electrons. The van der Waals surface area contributed by atoms with Crippen molar-refractivity contribution in [1.82, 2.24) is 4.57 Å². The van der Waals surface area contributed by atoms with Crippen LogP contribution in [0.5, 0.6) is 0 Å². The molecule has 0 fully saturated rings. The van der Waals surface area contributed by atoms with Crippen molar-refractivity contribution in [3.8, 4) is 16.8 Å². The lowest BCUT2D eigenvalue weighted by atomic mass is 10.0. The number of hydrogen-bond donors (Lipinski definition) is 1. The van der Waals surface area contributed by atoms with E-state index in [1.54, 1.807) is 18.2 Å². The summed E-state index contributed by atoms with van der Waals surface area (Å²) < 4.78 is 25.7. The van der Waals surface area contributed by atoms with E-state index in [-0.39, 0.29) is 11.3 Å². The molecule has 0 unspecified atom stereocenters. The number of para-hydroxylation sites is 1. The summed E-state index contributed by atoms with van der Waals surface area (Å²) in [6.45, 7) is 1.87. The maximum Gasteiger partial charge on any atom is 0.307 e.